The average Bonchev–Trinajstić information content (AvgIpc) is 2.87. The summed E-state index contributed by atoms with van der Waals surface area (Å²) in [6, 6.07) is -0.0158. The second-order valence-electron chi connectivity index (χ2n) is 3.71. The second kappa shape index (κ2) is 4.52. The van der Waals surface area contributed by atoms with Crippen LogP contribution in [0, 0.1) is 0 Å². The van der Waals surface area contributed by atoms with Crippen LogP contribution in [0.25, 0.3) is 0 Å². The van der Waals surface area contributed by atoms with Crippen LogP contribution in [0.5, 0.6) is 0 Å². The molecule has 2 heterocycles. The molecule has 2 atom stereocenters. The van der Waals surface area contributed by atoms with Gasteiger partial charge in [-0.05, 0) is 25.7 Å². The average molecular weight is 196 g/mol. The van der Waals surface area contributed by atoms with Crippen LogP contribution in [0.4, 0.5) is 0 Å². The molecule has 2 unspecified atom stereocenters. The van der Waals surface area contributed by atoms with E-state index in [0.717, 1.165) is 25.1 Å². The Kier molecular flexibility index (Phi) is 3.10. The summed E-state index contributed by atoms with van der Waals surface area (Å²) in [5.41, 5.74) is 6.78. The van der Waals surface area contributed by atoms with E-state index < -0.39 is 0 Å². The van der Waals surface area contributed by atoms with Gasteiger partial charge in [-0.3, -0.25) is 0 Å². The topological polar surface area (TPSA) is 76.8 Å². The Bertz CT molecular complexity index is 256. The maximum Gasteiger partial charge on any atom is 0.0991 e. The number of rotatable bonds is 4. The van der Waals surface area contributed by atoms with Crippen LogP contribution in [0.1, 0.15) is 37.4 Å². The number of hydrogen-bond donors (Lipinski definition) is 2. The molecule has 1 fully saturated rings. The van der Waals surface area contributed by atoms with E-state index in [2.05, 4.69) is 15.4 Å². The Balaban J connectivity index is 1.74. The first-order chi connectivity index (χ1) is 6.86. The first-order valence-corrected chi connectivity index (χ1v) is 5.09. The van der Waals surface area contributed by atoms with Crippen molar-refractivity contribution in [2.24, 2.45) is 5.73 Å². The Morgan fingerprint density at radius 3 is 3.29 bits per heavy atom. The van der Waals surface area contributed by atoms with Crippen LogP contribution >= 0.6 is 0 Å². The molecule has 0 spiro atoms. The molecule has 78 valence electrons. The zero-order valence-corrected chi connectivity index (χ0v) is 8.15. The number of ether oxygens (including phenoxy) is 1. The lowest BCUT2D eigenvalue weighted by molar-refractivity contribution is 0.101. The van der Waals surface area contributed by atoms with Gasteiger partial charge in [0.15, 0.2) is 0 Å². The van der Waals surface area contributed by atoms with Gasteiger partial charge in [-0.1, -0.05) is 0 Å². The van der Waals surface area contributed by atoms with Gasteiger partial charge in [0.1, 0.15) is 0 Å². The van der Waals surface area contributed by atoms with Crippen molar-refractivity contribution >= 4 is 0 Å². The minimum Gasteiger partial charge on any atom is -0.378 e. The Morgan fingerprint density at radius 1 is 1.71 bits per heavy atom. The highest BCUT2D eigenvalue weighted by molar-refractivity contribution is 4.97. The number of aromatic nitrogens is 3. The minimum atomic E-state index is -0.0158. The van der Waals surface area contributed by atoms with Crippen LogP contribution in [0.2, 0.25) is 0 Å². The molecule has 1 aromatic rings. The summed E-state index contributed by atoms with van der Waals surface area (Å²) < 4.78 is 5.52. The van der Waals surface area contributed by atoms with E-state index in [9.17, 15) is 0 Å². The van der Waals surface area contributed by atoms with Gasteiger partial charge >= 0.3 is 0 Å². The lowest BCUT2D eigenvalue weighted by Crippen LogP contribution is -2.14. The van der Waals surface area contributed by atoms with E-state index in [1.807, 2.05) is 0 Å². The largest absolute Gasteiger partial charge is 0.378 e. The van der Waals surface area contributed by atoms with E-state index in [0.29, 0.717) is 6.10 Å². The molecule has 0 aromatic carbocycles. The van der Waals surface area contributed by atoms with Crippen LogP contribution in [-0.2, 0) is 4.74 Å². The molecule has 1 aliphatic heterocycles. The third-order valence-electron chi connectivity index (χ3n) is 2.64. The summed E-state index contributed by atoms with van der Waals surface area (Å²) in [4.78, 5) is 0. The van der Waals surface area contributed by atoms with E-state index in [1.54, 1.807) is 6.20 Å². The number of nitrogens with zero attached hydrogens (tertiary/aromatic N) is 2. The predicted octanol–water partition coefficient (Wildman–Crippen LogP) is 0.764. The zero-order chi connectivity index (χ0) is 9.80. The highest BCUT2D eigenvalue weighted by Gasteiger charge is 2.17. The Morgan fingerprint density at radius 2 is 2.64 bits per heavy atom. The van der Waals surface area contributed by atoms with Crippen molar-refractivity contribution in [2.75, 3.05) is 6.61 Å². The first-order valence-electron chi connectivity index (χ1n) is 5.09. The summed E-state index contributed by atoms with van der Waals surface area (Å²) >= 11 is 0. The highest BCUT2D eigenvalue weighted by atomic mass is 16.5. The molecular weight excluding hydrogens is 180 g/mol. The number of nitrogens with two attached hydrogens (primary N) is 1. The monoisotopic (exact) mass is 196 g/mol. The Labute approximate surface area is 83.0 Å². The van der Waals surface area contributed by atoms with E-state index in [4.69, 9.17) is 10.5 Å². The molecule has 2 rings (SSSR count). The van der Waals surface area contributed by atoms with Crippen molar-refractivity contribution in [1.29, 1.82) is 0 Å². The summed E-state index contributed by atoms with van der Waals surface area (Å²) in [5, 5.41) is 10.3. The van der Waals surface area contributed by atoms with Gasteiger partial charge in [0.2, 0.25) is 0 Å². The van der Waals surface area contributed by atoms with Crippen molar-refractivity contribution in [3.05, 3.63) is 11.9 Å². The van der Waals surface area contributed by atoms with Crippen molar-refractivity contribution < 1.29 is 4.74 Å². The van der Waals surface area contributed by atoms with E-state index in [-0.39, 0.29) is 6.04 Å². The minimum absolute atomic E-state index is 0.0158. The van der Waals surface area contributed by atoms with Crippen molar-refractivity contribution in [1.82, 2.24) is 15.4 Å². The Hall–Kier alpha value is -0.940. The third-order valence-corrected chi connectivity index (χ3v) is 2.64. The molecule has 0 saturated carbocycles. The molecule has 0 aliphatic carbocycles. The summed E-state index contributed by atoms with van der Waals surface area (Å²) in [7, 11) is 0. The van der Waals surface area contributed by atoms with Crippen LogP contribution in [-0.4, -0.2) is 28.1 Å². The van der Waals surface area contributed by atoms with Gasteiger partial charge in [-0.15, -0.1) is 0 Å². The van der Waals surface area contributed by atoms with Gasteiger partial charge in [-0.25, -0.2) is 0 Å². The summed E-state index contributed by atoms with van der Waals surface area (Å²) in [6.45, 7) is 0.907. The molecule has 3 N–H and O–H groups in total. The fraction of sp³-hybridized carbons (Fsp3) is 0.778. The lowest BCUT2D eigenvalue weighted by Gasteiger charge is -2.12. The molecule has 14 heavy (non-hydrogen) atoms. The molecule has 0 amide bonds. The first kappa shape index (κ1) is 9.61. The zero-order valence-electron chi connectivity index (χ0n) is 8.15. The van der Waals surface area contributed by atoms with Crippen LogP contribution in [0.3, 0.4) is 0 Å². The molecule has 1 aromatic heterocycles. The van der Waals surface area contributed by atoms with Gasteiger partial charge in [-0.2, -0.15) is 15.4 Å². The normalized spacial score (nSPS) is 23.9. The number of aromatic amines is 1. The SMILES string of the molecule is NC(CCC1CCCO1)c1cn[nH]n1. The van der Waals surface area contributed by atoms with Crippen LogP contribution in [0.15, 0.2) is 6.20 Å². The van der Waals surface area contributed by atoms with Gasteiger partial charge in [0, 0.05) is 6.61 Å². The predicted molar refractivity (Wildman–Crippen MR) is 51.5 cm³/mol. The number of H-pyrrole nitrogens is 1. The highest BCUT2D eigenvalue weighted by Crippen LogP contribution is 2.20. The molecular formula is C9H16N4O. The van der Waals surface area contributed by atoms with Gasteiger partial charge in [0.05, 0.1) is 24.0 Å². The molecule has 5 heteroatoms. The van der Waals surface area contributed by atoms with E-state index in [1.165, 1.54) is 12.8 Å². The summed E-state index contributed by atoms with van der Waals surface area (Å²) in [6.07, 6.45) is 6.38. The van der Waals surface area contributed by atoms with Crippen molar-refractivity contribution in [2.45, 2.75) is 37.8 Å². The molecule has 0 bridgehead atoms. The summed E-state index contributed by atoms with van der Waals surface area (Å²) in [5.74, 6) is 0. The molecule has 1 aliphatic rings. The van der Waals surface area contributed by atoms with Gasteiger partial charge < -0.3 is 10.5 Å². The standard InChI is InChI=1S/C9H16N4O/c10-8(9-6-11-13-12-9)4-3-7-2-1-5-14-7/h6-8H,1-5,10H2,(H,11,12,13). The number of nitrogens with one attached hydrogen (secondary N) is 1. The lowest BCUT2D eigenvalue weighted by atomic mass is 10.0. The van der Waals surface area contributed by atoms with Crippen molar-refractivity contribution in [3.63, 3.8) is 0 Å². The fourth-order valence-electron chi connectivity index (χ4n) is 1.77. The maximum absolute atomic E-state index is 5.94. The maximum atomic E-state index is 5.94. The second-order valence-corrected chi connectivity index (χ2v) is 3.71. The van der Waals surface area contributed by atoms with Crippen molar-refractivity contribution in [3.8, 4) is 0 Å². The van der Waals surface area contributed by atoms with E-state index >= 15 is 0 Å². The molecule has 5 nitrogen and oxygen atoms in total. The number of hydrogen-bond acceptors (Lipinski definition) is 4. The third kappa shape index (κ3) is 2.30. The smallest absolute Gasteiger partial charge is 0.0991 e. The molecule has 0 radical (unpaired) electrons. The quantitative estimate of drug-likeness (QED) is 0.745. The molecule has 1 saturated heterocycles. The van der Waals surface area contributed by atoms with Crippen LogP contribution < -0.4 is 5.73 Å². The fourth-order valence-corrected chi connectivity index (χ4v) is 1.77. The van der Waals surface area contributed by atoms with Gasteiger partial charge in [0.25, 0.3) is 0 Å².